The highest BCUT2D eigenvalue weighted by molar-refractivity contribution is 7.92. The van der Waals surface area contributed by atoms with Gasteiger partial charge in [-0.15, -0.1) is 0 Å². The average Bonchev–Trinajstić information content (AvgIpc) is 2.86. The third-order valence-corrected chi connectivity index (χ3v) is 6.14. The minimum atomic E-state index is -3.21. The van der Waals surface area contributed by atoms with Gasteiger partial charge in [0.2, 0.25) is 0 Å². The second kappa shape index (κ2) is 6.25. The lowest BCUT2D eigenvalue weighted by atomic mass is 10.2. The van der Waals surface area contributed by atoms with Crippen molar-refractivity contribution in [3.63, 3.8) is 0 Å². The molecule has 1 aromatic carbocycles. The first-order valence-electron chi connectivity index (χ1n) is 6.77. The lowest BCUT2D eigenvalue weighted by molar-refractivity contribution is 0.520. The molecule has 5 heteroatoms. The van der Waals surface area contributed by atoms with Gasteiger partial charge >= 0.3 is 0 Å². The third kappa shape index (κ3) is 3.50. The van der Waals surface area contributed by atoms with Crippen LogP contribution in [-0.2, 0) is 9.84 Å². The van der Waals surface area contributed by atoms with Crippen molar-refractivity contribution in [1.82, 2.24) is 5.32 Å². The van der Waals surface area contributed by atoms with Gasteiger partial charge in [-0.05, 0) is 56.5 Å². The van der Waals surface area contributed by atoms with Crippen LogP contribution in [0.4, 0.5) is 0 Å². The van der Waals surface area contributed by atoms with E-state index in [-0.39, 0.29) is 5.25 Å². The molecule has 0 aromatic heterocycles. The highest BCUT2D eigenvalue weighted by Crippen LogP contribution is 2.30. The van der Waals surface area contributed by atoms with Crippen LogP contribution in [0.5, 0.6) is 0 Å². The summed E-state index contributed by atoms with van der Waals surface area (Å²) in [6.45, 7) is 3.07. The van der Waals surface area contributed by atoms with Gasteiger partial charge in [-0.1, -0.05) is 18.5 Å². The zero-order chi connectivity index (χ0) is 13.9. The van der Waals surface area contributed by atoms with Crippen LogP contribution in [0.3, 0.4) is 0 Å². The summed E-state index contributed by atoms with van der Waals surface area (Å²) in [7, 11) is -3.21. The van der Waals surface area contributed by atoms with Gasteiger partial charge in [0.25, 0.3) is 0 Å². The molecule has 19 heavy (non-hydrogen) atoms. The normalized spacial score (nSPS) is 23.7. The molecule has 0 bridgehead atoms. The molecular formula is C14H20ClNO2S. The van der Waals surface area contributed by atoms with Gasteiger partial charge in [-0.3, -0.25) is 0 Å². The quantitative estimate of drug-likeness (QED) is 0.909. The maximum Gasteiger partial charge on any atom is 0.181 e. The second-order valence-electron chi connectivity index (χ2n) is 5.09. The molecule has 1 aromatic rings. The van der Waals surface area contributed by atoms with E-state index in [9.17, 15) is 8.42 Å². The van der Waals surface area contributed by atoms with Crippen molar-refractivity contribution in [3.05, 3.63) is 29.3 Å². The van der Waals surface area contributed by atoms with Crippen molar-refractivity contribution in [1.29, 1.82) is 0 Å². The van der Waals surface area contributed by atoms with Crippen molar-refractivity contribution in [2.24, 2.45) is 0 Å². The van der Waals surface area contributed by atoms with Crippen molar-refractivity contribution in [2.45, 2.75) is 48.8 Å². The Morgan fingerprint density at radius 3 is 2.58 bits per heavy atom. The van der Waals surface area contributed by atoms with Crippen molar-refractivity contribution < 1.29 is 8.42 Å². The van der Waals surface area contributed by atoms with E-state index in [1.54, 1.807) is 24.3 Å². The number of rotatable bonds is 5. The fraction of sp³-hybridized carbons (Fsp3) is 0.571. The van der Waals surface area contributed by atoms with Crippen LogP contribution in [-0.4, -0.2) is 26.3 Å². The number of halogens is 1. The number of nitrogens with one attached hydrogen (secondary N) is 1. The summed E-state index contributed by atoms with van der Waals surface area (Å²) in [5, 5.41) is 3.71. The van der Waals surface area contributed by atoms with E-state index in [2.05, 4.69) is 12.2 Å². The lowest BCUT2D eigenvalue weighted by Crippen LogP contribution is -2.29. The molecule has 1 fully saturated rings. The van der Waals surface area contributed by atoms with Gasteiger partial charge in [0.1, 0.15) is 0 Å². The number of hydrogen-bond donors (Lipinski definition) is 1. The fourth-order valence-corrected chi connectivity index (χ4v) is 4.53. The Morgan fingerprint density at radius 1 is 1.26 bits per heavy atom. The van der Waals surface area contributed by atoms with Crippen LogP contribution in [0.1, 0.15) is 32.6 Å². The van der Waals surface area contributed by atoms with Crippen molar-refractivity contribution >= 4 is 21.4 Å². The Labute approximate surface area is 120 Å². The monoisotopic (exact) mass is 301 g/mol. The van der Waals surface area contributed by atoms with E-state index in [0.717, 1.165) is 25.8 Å². The van der Waals surface area contributed by atoms with Crippen molar-refractivity contribution in [3.8, 4) is 0 Å². The zero-order valence-corrected chi connectivity index (χ0v) is 12.7. The van der Waals surface area contributed by atoms with Gasteiger partial charge in [-0.2, -0.15) is 0 Å². The molecule has 1 N–H and O–H groups in total. The Kier molecular flexibility index (Phi) is 4.87. The van der Waals surface area contributed by atoms with Crippen LogP contribution < -0.4 is 5.32 Å². The highest BCUT2D eigenvalue weighted by Gasteiger charge is 2.34. The van der Waals surface area contributed by atoms with Gasteiger partial charge in [0, 0.05) is 11.1 Å². The Hall–Kier alpha value is -0.580. The third-order valence-electron chi connectivity index (χ3n) is 3.65. The number of hydrogen-bond acceptors (Lipinski definition) is 3. The molecule has 0 amide bonds. The number of sulfone groups is 1. The first-order chi connectivity index (χ1) is 9.04. The molecule has 106 valence electrons. The van der Waals surface area contributed by atoms with Gasteiger partial charge < -0.3 is 5.32 Å². The molecule has 0 radical (unpaired) electrons. The molecule has 2 unspecified atom stereocenters. The summed E-state index contributed by atoms with van der Waals surface area (Å²) in [5.41, 5.74) is 0. The van der Waals surface area contributed by atoms with E-state index < -0.39 is 9.84 Å². The van der Waals surface area contributed by atoms with Crippen LogP contribution in [0.15, 0.2) is 29.2 Å². The van der Waals surface area contributed by atoms with Crippen LogP contribution in [0.25, 0.3) is 0 Å². The van der Waals surface area contributed by atoms with Gasteiger partial charge in [0.15, 0.2) is 9.84 Å². The first kappa shape index (κ1) is 14.8. The molecule has 1 aliphatic rings. The smallest absolute Gasteiger partial charge is 0.181 e. The van der Waals surface area contributed by atoms with Crippen LogP contribution >= 0.6 is 11.6 Å². The topological polar surface area (TPSA) is 46.2 Å². The SMILES string of the molecule is CCCNC1CCC(S(=O)(=O)c2ccc(Cl)cc2)C1. The summed E-state index contributed by atoms with van der Waals surface area (Å²) >= 11 is 5.80. The Balaban J connectivity index is 2.07. The Morgan fingerprint density at radius 2 is 1.95 bits per heavy atom. The maximum absolute atomic E-state index is 12.5. The highest BCUT2D eigenvalue weighted by atomic mass is 35.5. The minimum Gasteiger partial charge on any atom is -0.314 e. The summed E-state index contributed by atoms with van der Waals surface area (Å²) in [6, 6.07) is 6.81. The largest absolute Gasteiger partial charge is 0.314 e. The molecule has 0 heterocycles. The molecule has 0 aliphatic heterocycles. The summed E-state index contributed by atoms with van der Waals surface area (Å²) in [4.78, 5) is 0.387. The average molecular weight is 302 g/mol. The van der Waals surface area contributed by atoms with Gasteiger partial charge in [0.05, 0.1) is 10.1 Å². The fourth-order valence-electron chi connectivity index (χ4n) is 2.57. The van der Waals surface area contributed by atoms with E-state index in [1.807, 2.05) is 0 Å². The molecule has 2 rings (SSSR count). The molecule has 3 nitrogen and oxygen atoms in total. The molecular weight excluding hydrogens is 282 g/mol. The summed E-state index contributed by atoms with van der Waals surface area (Å²) < 4.78 is 25.0. The predicted octanol–water partition coefficient (Wildman–Crippen LogP) is 3.03. The first-order valence-corrected chi connectivity index (χ1v) is 8.69. The predicted molar refractivity (Wildman–Crippen MR) is 78.4 cm³/mol. The molecule has 1 aliphatic carbocycles. The van der Waals surface area contributed by atoms with E-state index in [1.165, 1.54) is 0 Å². The van der Waals surface area contributed by atoms with Gasteiger partial charge in [-0.25, -0.2) is 8.42 Å². The summed E-state index contributed by atoms with van der Waals surface area (Å²) in [6.07, 6.45) is 3.47. The molecule has 2 atom stereocenters. The molecule has 0 saturated heterocycles. The molecule has 0 spiro atoms. The van der Waals surface area contributed by atoms with Crippen LogP contribution in [0.2, 0.25) is 5.02 Å². The van der Waals surface area contributed by atoms with Crippen LogP contribution in [0, 0.1) is 0 Å². The van der Waals surface area contributed by atoms with E-state index in [4.69, 9.17) is 11.6 Å². The van der Waals surface area contributed by atoms with E-state index in [0.29, 0.717) is 22.4 Å². The Bertz CT molecular complexity index is 513. The molecule has 1 saturated carbocycles. The van der Waals surface area contributed by atoms with Crippen molar-refractivity contribution in [2.75, 3.05) is 6.54 Å². The number of benzene rings is 1. The lowest BCUT2D eigenvalue weighted by Gasteiger charge is -2.13. The standard InChI is InChI=1S/C14H20ClNO2S/c1-2-9-16-12-5-8-14(10-12)19(17,18)13-6-3-11(15)4-7-13/h3-4,6-7,12,14,16H,2,5,8-10H2,1H3. The maximum atomic E-state index is 12.5. The summed E-state index contributed by atoms with van der Waals surface area (Å²) in [5.74, 6) is 0. The van der Waals surface area contributed by atoms with E-state index >= 15 is 0 Å². The second-order valence-corrected chi connectivity index (χ2v) is 7.75. The zero-order valence-electron chi connectivity index (χ0n) is 11.1. The minimum absolute atomic E-state index is 0.261.